The zero-order valence-electron chi connectivity index (χ0n) is 16.2. The van der Waals surface area contributed by atoms with Crippen LogP contribution in [0.4, 0.5) is 0 Å². The van der Waals surface area contributed by atoms with Gasteiger partial charge in [-0.3, -0.25) is 4.79 Å². The number of rotatable bonds is 17. The van der Waals surface area contributed by atoms with Gasteiger partial charge in [0.15, 0.2) is 0 Å². The molecule has 0 rings (SSSR count). The Bertz CT molecular complexity index is 410. The van der Waals surface area contributed by atoms with Gasteiger partial charge in [-0.05, 0) is 18.9 Å². The average molecular weight is 343 g/mol. The van der Waals surface area contributed by atoms with Crippen molar-refractivity contribution in [3.05, 3.63) is 60.8 Å². The van der Waals surface area contributed by atoms with Crippen molar-refractivity contribution in [2.75, 3.05) is 0 Å². The molecule has 0 radical (unpaired) electrons. The maximum absolute atomic E-state index is 10.0. The van der Waals surface area contributed by atoms with Crippen LogP contribution in [-0.2, 0) is 4.79 Å². The van der Waals surface area contributed by atoms with Gasteiger partial charge in [-0.15, -0.1) is 0 Å². The lowest BCUT2D eigenvalue weighted by Gasteiger charge is -2.01. The molecule has 25 heavy (non-hydrogen) atoms. The monoisotopic (exact) mass is 342 g/mol. The van der Waals surface area contributed by atoms with Crippen molar-refractivity contribution < 1.29 is 4.79 Å². The Kier molecular flexibility index (Phi) is 20.9. The molecule has 0 bridgehead atoms. The minimum absolute atomic E-state index is 0.772. The normalized spacial score (nSPS) is 12.7. The number of carbonyl (C=O) groups excluding carboxylic acids is 1. The van der Waals surface area contributed by atoms with Crippen LogP contribution < -0.4 is 0 Å². The van der Waals surface area contributed by atoms with Gasteiger partial charge in [0, 0.05) is 0 Å². The number of allylic oxidation sites excluding steroid dienone is 10. The summed E-state index contributed by atoms with van der Waals surface area (Å²) in [5, 5.41) is 0. The molecule has 0 aliphatic heterocycles. The van der Waals surface area contributed by atoms with Crippen LogP contribution in [0, 0.1) is 0 Å². The lowest BCUT2D eigenvalue weighted by molar-refractivity contribution is -0.104. The second kappa shape index (κ2) is 22.4. The summed E-state index contributed by atoms with van der Waals surface area (Å²) in [6, 6.07) is 0. The highest BCUT2D eigenvalue weighted by Gasteiger charge is 1.92. The predicted octanol–water partition coefficient (Wildman–Crippen LogP) is 7.67. The van der Waals surface area contributed by atoms with Gasteiger partial charge >= 0.3 is 0 Å². The molecule has 0 heterocycles. The van der Waals surface area contributed by atoms with E-state index in [1.165, 1.54) is 83.1 Å². The van der Waals surface area contributed by atoms with Crippen molar-refractivity contribution in [1.29, 1.82) is 0 Å². The average Bonchev–Trinajstić information content (AvgIpc) is 2.63. The van der Waals surface area contributed by atoms with Crippen molar-refractivity contribution in [3.8, 4) is 0 Å². The third kappa shape index (κ3) is 22.4. The summed E-state index contributed by atoms with van der Waals surface area (Å²) in [5.74, 6) is 0. The summed E-state index contributed by atoms with van der Waals surface area (Å²) < 4.78 is 0. The summed E-state index contributed by atoms with van der Waals surface area (Å²) >= 11 is 0. The van der Waals surface area contributed by atoms with E-state index in [9.17, 15) is 4.79 Å². The second-order valence-corrected chi connectivity index (χ2v) is 6.43. The molecule has 0 aromatic heterocycles. The van der Waals surface area contributed by atoms with Crippen LogP contribution in [0.2, 0.25) is 0 Å². The number of hydrogen-bond donors (Lipinski definition) is 0. The van der Waals surface area contributed by atoms with E-state index in [-0.39, 0.29) is 0 Å². The molecule has 0 aliphatic rings. The highest BCUT2D eigenvalue weighted by atomic mass is 16.1. The lowest BCUT2D eigenvalue weighted by Crippen LogP contribution is -1.81. The summed E-state index contributed by atoms with van der Waals surface area (Å²) in [6.07, 6.45) is 36.7. The van der Waals surface area contributed by atoms with Gasteiger partial charge in [-0.25, -0.2) is 0 Å². The van der Waals surface area contributed by atoms with E-state index in [4.69, 9.17) is 0 Å². The predicted molar refractivity (Wildman–Crippen MR) is 113 cm³/mol. The van der Waals surface area contributed by atoms with Crippen molar-refractivity contribution in [1.82, 2.24) is 0 Å². The number of carbonyl (C=O) groups is 1. The van der Waals surface area contributed by atoms with E-state index in [1.807, 2.05) is 30.4 Å². The van der Waals surface area contributed by atoms with Crippen molar-refractivity contribution in [2.24, 2.45) is 0 Å². The summed E-state index contributed by atoms with van der Waals surface area (Å²) in [4.78, 5) is 10.0. The number of aldehydes is 1. The molecule has 0 fully saturated rings. The van der Waals surface area contributed by atoms with Crippen molar-refractivity contribution in [3.63, 3.8) is 0 Å². The SMILES string of the molecule is CCCCCCCCCCCCC/C=C/C=C/C=C/C=C/C=C/C=O. The Morgan fingerprint density at radius 1 is 0.480 bits per heavy atom. The first-order chi connectivity index (χ1) is 12.4. The first-order valence-corrected chi connectivity index (χ1v) is 10.2. The van der Waals surface area contributed by atoms with Gasteiger partial charge in [0.25, 0.3) is 0 Å². The number of hydrogen-bond acceptors (Lipinski definition) is 1. The molecule has 1 nitrogen and oxygen atoms in total. The van der Waals surface area contributed by atoms with Gasteiger partial charge in [0.05, 0.1) is 0 Å². The third-order valence-corrected chi connectivity index (χ3v) is 4.08. The Morgan fingerprint density at radius 2 is 0.880 bits per heavy atom. The summed E-state index contributed by atoms with van der Waals surface area (Å²) in [7, 11) is 0. The minimum atomic E-state index is 0.772. The van der Waals surface area contributed by atoms with Crippen LogP contribution in [0.25, 0.3) is 0 Å². The lowest BCUT2D eigenvalue weighted by atomic mass is 10.1. The molecule has 0 saturated heterocycles. The van der Waals surface area contributed by atoms with Gasteiger partial charge in [0.2, 0.25) is 0 Å². The Balaban J connectivity index is 3.33. The van der Waals surface area contributed by atoms with Crippen LogP contribution in [0.5, 0.6) is 0 Å². The molecular weight excluding hydrogens is 304 g/mol. The van der Waals surface area contributed by atoms with Crippen LogP contribution in [0.15, 0.2) is 60.8 Å². The molecule has 0 aliphatic carbocycles. The van der Waals surface area contributed by atoms with Crippen LogP contribution >= 0.6 is 0 Å². The summed E-state index contributed by atoms with van der Waals surface area (Å²) in [6.45, 7) is 2.28. The first kappa shape index (κ1) is 23.4. The topological polar surface area (TPSA) is 17.1 Å². The van der Waals surface area contributed by atoms with Gasteiger partial charge in [-0.2, -0.15) is 0 Å². The van der Waals surface area contributed by atoms with E-state index >= 15 is 0 Å². The third-order valence-electron chi connectivity index (χ3n) is 4.08. The van der Waals surface area contributed by atoms with Crippen LogP contribution in [-0.4, -0.2) is 6.29 Å². The zero-order valence-corrected chi connectivity index (χ0v) is 16.2. The summed E-state index contributed by atoms with van der Waals surface area (Å²) in [5.41, 5.74) is 0. The molecule has 1 heteroatoms. The molecular formula is C24H38O. The van der Waals surface area contributed by atoms with Gasteiger partial charge < -0.3 is 0 Å². The Hall–Kier alpha value is -1.63. The molecule has 0 saturated carbocycles. The minimum Gasteiger partial charge on any atom is -0.299 e. The molecule has 140 valence electrons. The smallest absolute Gasteiger partial charge is 0.142 e. The van der Waals surface area contributed by atoms with Crippen LogP contribution in [0.1, 0.15) is 84.0 Å². The molecule has 0 spiro atoms. The van der Waals surface area contributed by atoms with Gasteiger partial charge in [0.1, 0.15) is 6.29 Å². The fourth-order valence-corrected chi connectivity index (χ4v) is 2.60. The first-order valence-electron chi connectivity index (χ1n) is 10.2. The largest absolute Gasteiger partial charge is 0.299 e. The fraction of sp³-hybridized carbons (Fsp3) is 0.542. The van der Waals surface area contributed by atoms with E-state index in [2.05, 4.69) is 25.2 Å². The quantitative estimate of drug-likeness (QED) is 0.115. The number of unbranched alkanes of at least 4 members (excludes halogenated alkanes) is 11. The highest BCUT2D eigenvalue weighted by molar-refractivity contribution is 5.65. The van der Waals surface area contributed by atoms with Gasteiger partial charge in [-0.1, -0.05) is 126 Å². The van der Waals surface area contributed by atoms with Crippen molar-refractivity contribution >= 4 is 6.29 Å². The second-order valence-electron chi connectivity index (χ2n) is 6.43. The van der Waals surface area contributed by atoms with Crippen molar-refractivity contribution in [2.45, 2.75) is 84.0 Å². The molecule has 0 aromatic rings. The zero-order chi connectivity index (χ0) is 18.3. The molecule has 0 aromatic carbocycles. The highest BCUT2D eigenvalue weighted by Crippen LogP contribution is 2.11. The van der Waals surface area contributed by atoms with E-state index in [1.54, 1.807) is 6.08 Å². The molecule has 0 atom stereocenters. The van der Waals surface area contributed by atoms with Crippen LogP contribution in [0.3, 0.4) is 0 Å². The Morgan fingerprint density at radius 3 is 1.36 bits per heavy atom. The maximum Gasteiger partial charge on any atom is 0.142 e. The standard InChI is InChI=1S/C24H38O/c1-2-3-4-5-6-7-8-9-10-11-12-13-14-15-16-17-18-19-20-21-22-23-24-25/h14-24H,2-13H2,1H3/b15-14+,17-16+,19-18+,21-20+,23-22+. The van der Waals surface area contributed by atoms with E-state index in [0.717, 1.165) is 6.29 Å². The molecule has 0 unspecified atom stereocenters. The molecule has 0 amide bonds. The Labute approximate surface area is 156 Å². The maximum atomic E-state index is 10.0. The fourth-order valence-electron chi connectivity index (χ4n) is 2.60. The van der Waals surface area contributed by atoms with E-state index < -0.39 is 0 Å². The molecule has 0 N–H and O–H groups in total. The van der Waals surface area contributed by atoms with E-state index in [0.29, 0.717) is 0 Å².